The summed E-state index contributed by atoms with van der Waals surface area (Å²) in [7, 11) is 0. The molecule has 1 saturated heterocycles. The van der Waals surface area contributed by atoms with Crippen LogP contribution in [0.3, 0.4) is 0 Å². The molecule has 2 N–H and O–H groups in total. The molecular formula is C19H23N5O. The Hall–Kier alpha value is -2.50. The van der Waals surface area contributed by atoms with E-state index in [1.54, 1.807) is 6.20 Å². The molecule has 4 rings (SSSR count). The largest absolute Gasteiger partial charge is 0.368 e. The molecule has 6 nitrogen and oxygen atoms in total. The molecule has 0 spiro atoms. The van der Waals surface area contributed by atoms with Crippen molar-refractivity contribution in [3.05, 3.63) is 47.5 Å². The minimum absolute atomic E-state index is 0.0550. The van der Waals surface area contributed by atoms with Gasteiger partial charge in [-0.15, -0.1) is 0 Å². The summed E-state index contributed by atoms with van der Waals surface area (Å²) in [6, 6.07) is 4.13. The van der Waals surface area contributed by atoms with Crippen LogP contribution >= 0.6 is 0 Å². The lowest BCUT2D eigenvalue weighted by Gasteiger charge is -2.27. The van der Waals surface area contributed by atoms with Crippen molar-refractivity contribution in [2.75, 3.05) is 18.8 Å². The van der Waals surface area contributed by atoms with Gasteiger partial charge in [0.15, 0.2) is 0 Å². The minimum Gasteiger partial charge on any atom is -0.368 e. The standard InChI is InChI=1S/C19H23N5O/c20-19-22-11-16-10-15(1-2-17(16)23-19)18(25)24-8-5-14(12-24)9-13-3-6-21-7-4-13/h3-4,6-7,11,14-15H,1-2,5,8-10,12H2,(H2,20,22,23). The van der Waals surface area contributed by atoms with E-state index in [1.165, 1.54) is 5.56 Å². The van der Waals surface area contributed by atoms with Gasteiger partial charge in [-0.2, -0.15) is 0 Å². The van der Waals surface area contributed by atoms with Crippen LogP contribution in [0.15, 0.2) is 30.7 Å². The predicted octanol–water partition coefficient (Wildman–Crippen LogP) is 1.65. The maximum Gasteiger partial charge on any atom is 0.226 e. The third kappa shape index (κ3) is 3.48. The Bertz CT molecular complexity index is 764. The second kappa shape index (κ2) is 6.78. The van der Waals surface area contributed by atoms with Crippen molar-refractivity contribution >= 4 is 11.9 Å². The third-order valence-corrected chi connectivity index (χ3v) is 5.39. The van der Waals surface area contributed by atoms with E-state index in [0.717, 1.165) is 56.5 Å². The molecule has 6 heteroatoms. The molecule has 2 aromatic rings. The topological polar surface area (TPSA) is 85.0 Å². The van der Waals surface area contributed by atoms with E-state index in [1.807, 2.05) is 12.4 Å². The van der Waals surface area contributed by atoms with Gasteiger partial charge >= 0.3 is 0 Å². The van der Waals surface area contributed by atoms with Gasteiger partial charge in [0.2, 0.25) is 11.9 Å². The van der Waals surface area contributed by atoms with E-state index in [0.29, 0.717) is 17.8 Å². The Morgan fingerprint density at radius 1 is 1.28 bits per heavy atom. The van der Waals surface area contributed by atoms with Crippen molar-refractivity contribution in [2.45, 2.75) is 32.1 Å². The van der Waals surface area contributed by atoms with Crippen LogP contribution in [0.4, 0.5) is 5.95 Å². The zero-order valence-corrected chi connectivity index (χ0v) is 14.3. The van der Waals surface area contributed by atoms with Gasteiger partial charge < -0.3 is 10.6 Å². The minimum atomic E-state index is 0.0550. The first-order chi connectivity index (χ1) is 12.2. The van der Waals surface area contributed by atoms with Crippen LogP contribution in [-0.2, 0) is 24.1 Å². The first-order valence-electron chi connectivity index (χ1n) is 8.97. The summed E-state index contributed by atoms with van der Waals surface area (Å²) >= 11 is 0. The van der Waals surface area contributed by atoms with Crippen LogP contribution in [0.5, 0.6) is 0 Å². The number of aromatic nitrogens is 3. The molecule has 1 aliphatic heterocycles. The molecule has 2 aromatic heterocycles. The Balaban J connectivity index is 1.37. The van der Waals surface area contributed by atoms with E-state index >= 15 is 0 Å². The number of fused-ring (bicyclic) bond motifs is 1. The lowest BCUT2D eigenvalue weighted by atomic mass is 9.86. The molecule has 2 atom stereocenters. The average Bonchev–Trinajstić information content (AvgIpc) is 3.10. The summed E-state index contributed by atoms with van der Waals surface area (Å²) in [6.45, 7) is 1.74. The van der Waals surface area contributed by atoms with E-state index in [-0.39, 0.29) is 5.92 Å². The molecule has 1 amide bonds. The lowest BCUT2D eigenvalue weighted by Crippen LogP contribution is -2.37. The summed E-state index contributed by atoms with van der Waals surface area (Å²) in [6.07, 6.45) is 9.96. The molecule has 25 heavy (non-hydrogen) atoms. The number of nitrogens with zero attached hydrogens (tertiary/aromatic N) is 4. The van der Waals surface area contributed by atoms with Crippen LogP contribution < -0.4 is 5.73 Å². The predicted molar refractivity (Wildman–Crippen MR) is 94.6 cm³/mol. The zero-order chi connectivity index (χ0) is 17.2. The van der Waals surface area contributed by atoms with E-state index in [2.05, 4.69) is 32.0 Å². The molecule has 2 unspecified atom stereocenters. The average molecular weight is 337 g/mol. The molecule has 1 fully saturated rings. The van der Waals surface area contributed by atoms with Gasteiger partial charge in [0.05, 0.1) is 0 Å². The molecule has 1 aliphatic carbocycles. The molecule has 0 bridgehead atoms. The van der Waals surface area contributed by atoms with Crippen LogP contribution in [0.25, 0.3) is 0 Å². The van der Waals surface area contributed by atoms with Crippen molar-refractivity contribution in [1.29, 1.82) is 0 Å². The van der Waals surface area contributed by atoms with Crippen LogP contribution in [0.1, 0.15) is 29.7 Å². The second-order valence-corrected chi connectivity index (χ2v) is 7.14. The molecule has 3 heterocycles. The molecule has 130 valence electrons. The summed E-state index contributed by atoms with van der Waals surface area (Å²) in [4.78, 5) is 27.4. The quantitative estimate of drug-likeness (QED) is 0.920. The maximum atomic E-state index is 12.9. The number of nitrogen functional groups attached to an aromatic ring is 1. The van der Waals surface area contributed by atoms with Crippen molar-refractivity contribution in [2.24, 2.45) is 11.8 Å². The number of carbonyl (C=O) groups excluding carboxylic acids is 1. The number of likely N-dealkylation sites (tertiary alicyclic amines) is 1. The van der Waals surface area contributed by atoms with E-state index in [9.17, 15) is 4.79 Å². The van der Waals surface area contributed by atoms with Crippen LogP contribution in [0, 0.1) is 11.8 Å². The lowest BCUT2D eigenvalue weighted by molar-refractivity contribution is -0.135. The molecular weight excluding hydrogens is 314 g/mol. The number of rotatable bonds is 3. The summed E-state index contributed by atoms with van der Waals surface area (Å²) in [5.74, 6) is 1.21. The maximum absolute atomic E-state index is 12.9. The van der Waals surface area contributed by atoms with Crippen molar-refractivity contribution < 1.29 is 4.79 Å². The number of aryl methyl sites for hydroxylation is 1. The number of hydrogen-bond acceptors (Lipinski definition) is 5. The Kier molecular flexibility index (Phi) is 4.34. The number of anilines is 1. The summed E-state index contributed by atoms with van der Waals surface area (Å²) < 4.78 is 0. The highest BCUT2D eigenvalue weighted by molar-refractivity contribution is 5.79. The Morgan fingerprint density at radius 2 is 2.12 bits per heavy atom. The number of amides is 1. The van der Waals surface area contributed by atoms with Gasteiger partial charge in [0.1, 0.15) is 0 Å². The van der Waals surface area contributed by atoms with Gasteiger partial charge in [-0.25, -0.2) is 9.97 Å². The van der Waals surface area contributed by atoms with Crippen LogP contribution in [0.2, 0.25) is 0 Å². The van der Waals surface area contributed by atoms with E-state index in [4.69, 9.17) is 5.73 Å². The van der Waals surface area contributed by atoms with Crippen molar-refractivity contribution in [3.63, 3.8) is 0 Å². The van der Waals surface area contributed by atoms with Crippen molar-refractivity contribution in [1.82, 2.24) is 19.9 Å². The van der Waals surface area contributed by atoms with Gasteiger partial charge in [0.25, 0.3) is 0 Å². The fourth-order valence-corrected chi connectivity index (χ4v) is 4.04. The summed E-state index contributed by atoms with van der Waals surface area (Å²) in [5.41, 5.74) is 9.04. The van der Waals surface area contributed by atoms with Gasteiger partial charge in [-0.05, 0) is 61.3 Å². The first-order valence-corrected chi connectivity index (χ1v) is 8.97. The number of nitrogens with two attached hydrogens (primary N) is 1. The number of carbonyl (C=O) groups is 1. The second-order valence-electron chi connectivity index (χ2n) is 7.14. The molecule has 0 aromatic carbocycles. The zero-order valence-electron chi connectivity index (χ0n) is 14.3. The Labute approximate surface area is 147 Å². The first kappa shape index (κ1) is 16.0. The Morgan fingerprint density at radius 3 is 2.96 bits per heavy atom. The molecule has 0 radical (unpaired) electrons. The monoisotopic (exact) mass is 337 g/mol. The highest BCUT2D eigenvalue weighted by Crippen LogP contribution is 2.28. The number of hydrogen-bond donors (Lipinski definition) is 1. The van der Waals surface area contributed by atoms with E-state index < -0.39 is 0 Å². The van der Waals surface area contributed by atoms with Gasteiger partial charge in [0, 0.05) is 43.3 Å². The van der Waals surface area contributed by atoms with Gasteiger partial charge in [-0.3, -0.25) is 9.78 Å². The smallest absolute Gasteiger partial charge is 0.226 e. The summed E-state index contributed by atoms with van der Waals surface area (Å²) in [5, 5.41) is 0. The number of pyridine rings is 1. The normalized spacial score (nSPS) is 22.6. The highest BCUT2D eigenvalue weighted by Gasteiger charge is 2.33. The fraction of sp³-hybridized carbons (Fsp3) is 0.474. The van der Waals surface area contributed by atoms with Crippen LogP contribution in [-0.4, -0.2) is 38.8 Å². The highest BCUT2D eigenvalue weighted by atomic mass is 16.2. The SMILES string of the molecule is Nc1ncc2c(n1)CCC(C(=O)N1CCC(Cc3ccncc3)C1)C2. The molecule has 0 saturated carbocycles. The fourth-order valence-electron chi connectivity index (χ4n) is 4.04. The third-order valence-electron chi connectivity index (χ3n) is 5.39. The van der Waals surface area contributed by atoms with Crippen molar-refractivity contribution in [3.8, 4) is 0 Å². The van der Waals surface area contributed by atoms with Gasteiger partial charge in [-0.1, -0.05) is 0 Å². The molecule has 2 aliphatic rings.